The van der Waals surface area contributed by atoms with E-state index in [1.54, 1.807) is 19.1 Å². The van der Waals surface area contributed by atoms with Crippen molar-refractivity contribution < 1.29 is 19.1 Å². The number of halogens is 1. The third-order valence-electron chi connectivity index (χ3n) is 2.51. The third kappa shape index (κ3) is 6.40. The number of amides is 2. The van der Waals surface area contributed by atoms with Crippen molar-refractivity contribution in [3.63, 3.8) is 0 Å². The molecule has 0 radical (unpaired) electrons. The Morgan fingerprint density at radius 2 is 2.16 bits per heavy atom. The van der Waals surface area contributed by atoms with E-state index in [-0.39, 0.29) is 24.8 Å². The first kappa shape index (κ1) is 14.9. The number of rotatable bonds is 6. The minimum Gasteiger partial charge on any atom is -0.481 e. The molecule has 3 N–H and O–H groups in total. The predicted octanol–water partition coefficient (Wildman–Crippen LogP) is 1.88. The fourth-order valence-electron chi connectivity index (χ4n) is 1.52. The zero-order valence-electron chi connectivity index (χ0n) is 10.6. The van der Waals surface area contributed by atoms with Gasteiger partial charge in [-0.05, 0) is 31.0 Å². The van der Waals surface area contributed by atoms with E-state index in [0.29, 0.717) is 12.0 Å². The van der Waals surface area contributed by atoms with Crippen LogP contribution in [0.3, 0.4) is 0 Å². The zero-order chi connectivity index (χ0) is 14.3. The quantitative estimate of drug-likeness (QED) is 0.737. The van der Waals surface area contributed by atoms with E-state index in [0.717, 1.165) is 0 Å². The van der Waals surface area contributed by atoms with E-state index < -0.39 is 12.0 Å². The average Bonchev–Trinajstić information content (AvgIpc) is 2.34. The summed E-state index contributed by atoms with van der Waals surface area (Å²) in [4.78, 5) is 21.9. The van der Waals surface area contributed by atoms with Gasteiger partial charge in [-0.3, -0.25) is 4.79 Å². The molecule has 19 heavy (non-hydrogen) atoms. The molecule has 0 aliphatic rings. The summed E-state index contributed by atoms with van der Waals surface area (Å²) >= 11 is 0. The van der Waals surface area contributed by atoms with E-state index in [1.807, 2.05) is 0 Å². The summed E-state index contributed by atoms with van der Waals surface area (Å²) in [7, 11) is 0. The Bertz CT molecular complexity index is 451. The minimum atomic E-state index is -0.895. The van der Waals surface area contributed by atoms with Crippen molar-refractivity contribution in [2.24, 2.45) is 0 Å². The Hall–Kier alpha value is -2.11. The van der Waals surface area contributed by atoms with Crippen molar-refractivity contribution in [1.82, 2.24) is 10.6 Å². The van der Waals surface area contributed by atoms with Gasteiger partial charge in [0.15, 0.2) is 0 Å². The Labute approximate surface area is 110 Å². The SMILES string of the molecule is CC(CCC(=O)O)NC(=O)NCc1cccc(F)c1. The van der Waals surface area contributed by atoms with Gasteiger partial charge in [-0.2, -0.15) is 0 Å². The maximum Gasteiger partial charge on any atom is 0.315 e. The summed E-state index contributed by atoms with van der Waals surface area (Å²) in [5.74, 6) is -1.25. The van der Waals surface area contributed by atoms with Gasteiger partial charge in [0.05, 0.1) is 0 Å². The van der Waals surface area contributed by atoms with Crippen LogP contribution >= 0.6 is 0 Å². The molecular weight excluding hydrogens is 251 g/mol. The fraction of sp³-hybridized carbons (Fsp3) is 0.385. The largest absolute Gasteiger partial charge is 0.481 e. The highest BCUT2D eigenvalue weighted by atomic mass is 19.1. The average molecular weight is 268 g/mol. The van der Waals surface area contributed by atoms with Gasteiger partial charge in [0, 0.05) is 19.0 Å². The van der Waals surface area contributed by atoms with Gasteiger partial charge in [0.1, 0.15) is 5.82 Å². The molecule has 1 aromatic rings. The topological polar surface area (TPSA) is 78.4 Å². The first-order valence-corrected chi connectivity index (χ1v) is 5.98. The van der Waals surface area contributed by atoms with Gasteiger partial charge in [0.2, 0.25) is 0 Å². The van der Waals surface area contributed by atoms with Gasteiger partial charge in [-0.1, -0.05) is 12.1 Å². The Kier molecular flexibility index (Phi) is 5.78. The van der Waals surface area contributed by atoms with E-state index in [2.05, 4.69) is 10.6 Å². The summed E-state index contributed by atoms with van der Waals surface area (Å²) in [5.41, 5.74) is 0.660. The number of urea groups is 1. The predicted molar refractivity (Wildman–Crippen MR) is 68.1 cm³/mol. The van der Waals surface area contributed by atoms with E-state index >= 15 is 0 Å². The molecule has 0 aromatic heterocycles. The number of hydrogen-bond acceptors (Lipinski definition) is 2. The number of carbonyl (C=O) groups is 2. The first-order chi connectivity index (χ1) is 8.97. The molecule has 0 fully saturated rings. The molecule has 0 heterocycles. The molecule has 1 aromatic carbocycles. The van der Waals surface area contributed by atoms with Crippen molar-refractivity contribution >= 4 is 12.0 Å². The van der Waals surface area contributed by atoms with Gasteiger partial charge in [0.25, 0.3) is 0 Å². The molecule has 104 valence electrons. The molecule has 2 amide bonds. The molecule has 0 aliphatic carbocycles. The van der Waals surface area contributed by atoms with Crippen molar-refractivity contribution in [2.45, 2.75) is 32.4 Å². The van der Waals surface area contributed by atoms with Crippen LogP contribution in [0.15, 0.2) is 24.3 Å². The first-order valence-electron chi connectivity index (χ1n) is 5.98. The Balaban J connectivity index is 2.29. The Morgan fingerprint density at radius 3 is 2.79 bits per heavy atom. The maximum absolute atomic E-state index is 12.9. The van der Waals surface area contributed by atoms with Crippen LogP contribution in [0.2, 0.25) is 0 Å². The number of carboxylic acids is 1. The van der Waals surface area contributed by atoms with E-state index in [9.17, 15) is 14.0 Å². The molecule has 0 bridgehead atoms. The van der Waals surface area contributed by atoms with Gasteiger partial charge >= 0.3 is 12.0 Å². The number of nitrogens with one attached hydrogen (secondary N) is 2. The lowest BCUT2D eigenvalue weighted by Gasteiger charge is -2.13. The van der Waals surface area contributed by atoms with Crippen molar-refractivity contribution in [3.8, 4) is 0 Å². The van der Waals surface area contributed by atoms with Crippen LogP contribution in [-0.2, 0) is 11.3 Å². The zero-order valence-corrected chi connectivity index (χ0v) is 10.6. The molecule has 1 atom stereocenters. The van der Waals surface area contributed by atoms with E-state index in [1.165, 1.54) is 12.1 Å². The molecule has 0 spiro atoms. The van der Waals surface area contributed by atoms with E-state index in [4.69, 9.17) is 5.11 Å². The lowest BCUT2D eigenvalue weighted by molar-refractivity contribution is -0.137. The summed E-state index contributed by atoms with van der Waals surface area (Å²) in [6, 6.07) is 5.31. The molecule has 1 unspecified atom stereocenters. The molecule has 0 saturated heterocycles. The Morgan fingerprint density at radius 1 is 1.42 bits per heavy atom. The van der Waals surface area contributed by atoms with Crippen LogP contribution in [0.1, 0.15) is 25.3 Å². The van der Waals surface area contributed by atoms with Gasteiger partial charge < -0.3 is 15.7 Å². The smallest absolute Gasteiger partial charge is 0.315 e. The number of hydrogen-bond donors (Lipinski definition) is 3. The number of carboxylic acid groups (broad SMARTS) is 1. The molecule has 0 aliphatic heterocycles. The number of carbonyl (C=O) groups excluding carboxylic acids is 1. The van der Waals surface area contributed by atoms with Gasteiger partial charge in [-0.25, -0.2) is 9.18 Å². The summed E-state index contributed by atoms with van der Waals surface area (Å²) in [6.07, 6.45) is 0.369. The highest BCUT2D eigenvalue weighted by Gasteiger charge is 2.08. The summed E-state index contributed by atoms with van der Waals surface area (Å²) < 4.78 is 12.9. The highest BCUT2D eigenvalue weighted by molar-refractivity contribution is 5.74. The number of benzene rings is 1. The minimum absolute atomic E-state index is 0.00530. The van der Waals surface area contributed by atoms with Crippen molar-refractivity contribution in [3.05, 3.63) is 35.6 Å². The lowest BCUT2D eigenvalue weighted by Crippen LogP contribution is -2.40. The molecule has 0 saturated carbocycles. The second-order valence-corrected chi connectivity index (χ2v) is 4.29. The number of aliphatic carboxylic acids is 1. The van der Waals surface area contributed by atoms with Crippen LogP contribution in [0.25, 0.3) is 0 Å². The second kappa shape index (κ2) is 7.35. The van der Waals surface area contributed by atoms with Crippen LogP contribution in [0.5, 0.6) is 0 Å². The molecular formula is C13H17FN2O3. The second-order valence-electron chi connectivity index (χ2n) is 4.29. The van der Waals surface area contributed by atoms with Crippen LogP contribution < -0.4 is 10.6 Å². The summed E-state index contributed by atoms with van der Waals surface area (Å²) in [5, 5.41) is 13.7. The molecule has 5 nitrogen and oxygen atoms in total. The van der Waals surface area contributed by atoms with Crippen molar-refractivity contribution in [2.75, 3.05) is 0 Å². The normalized spacial score (nSPS) is 11.7. The standard InChI is InChI=1S/C13H17FN2O3/c1-9(5-6-12(17)18)16-13(19)15-8-10-3-2-4-11(14)7-10/h2-4,7,9H,5-6,8H2,1H3,(H,17,18)(H2,15,16,19). The van der Waals surface area contributed by atoms with Crippen molar-refractivity contribution in [1.29, 1.82) is 0 Å². The maximum atomic E-state index is 12.9. The molecule has 6 heteroatoms. The molecule has 1 rings (SSSR count). The fourth-order valence-corrected chi connectivity index (χ4v) is 1.52. The highest BCUT2D eigenvalue weighted by Crippen LogP contribution is 2.02. The lowest BCUT2D eigenvalue weighted by atomic mass is 10.2. The van der Waals surface area contributed by atoms with Crippen LogP contribution in [0.4, 0.5) is 9.18 Å². The third-order valence-corrected chi connectivity index (χ3v) is 2.51. The monoisotopic (exact) mass is 268 g/mol. The van der Waals surface area contributed by atoms with Crippen LogP contribution in [-0.4, -0.2) is 23.1 Å². The summed E-state index contributed by atoms with van der Waals surface area (Å²) in [6.45, 7) is 1.94. The van der Waals surface area contributed by atoms with Gasteiger partial charge in [-0.15, -0.1) is 0 Å². The van der Waals surface area contributed by atoms with Crippen LogP contribution in [0, 0.1) is 5.82 Å².